The Hall–Kier alpha value is -3.41. The van der Waals surface area contributed by atoms with E-state index in [9.17, 15) is 4.39 Å². The molecule has 1 aliphatic rings. The molecule has 0 radical (unpaired) electrons. The van der Waals surface area contributed by atoms with Crippen LogP contribution in [0.3, 0.4) is 0 Å². The number of aryl methyl sites for hydroxylation is 1. The van der Waals surface area contributed by atoms with Crippen molar-refractivity contribution >= 4 is 5.57 Å². The second-order valence-electron chi connectivity index (χ2n) is 8.97. The Balaban J connectivity index is 1.37. The van der Waals surface area contributed by atoms with Crippen LogP contribution in [0.2, 0.25) is 0 Å². The normalized spacial score (nSPS) is 14.1. The lowest BCUT2D eigenvalue weighted by atomic mass is 10.1. The summed E-state index contributed by atoms with van der Waals surface area (Å²) in [7, 11) is 0. The Morgan fingerprint density at radius 3 is 2.50 bits per heavy atom. The molecule has 0 bridgehead atoms. The van der Waals surface area contributed by atoms with Gasteiger partial charge in [-0.15, -0.1) is 0 Å². The predicted octanol–water partition coefficient (Wildman–Crippen LogP) is 6.78. The fraction of sp³-hybridized carbons (Fsp3) is 0.357. The Labute approximate surface area is 201 Å². The first kappa shape index (κ1) is 23.7. The highest BCUT2D eigenvalue weighted by atomic mass is 19.1. The van der Waals surface area contributed by atoms with Crippen LogP contribution in [0.15, 0.2) is 61.1 Å². The Morgan fingerprint density at radius 2 is 1.76 bits per heavy atom. The highest BCUT2D eigenvalue weighted by Gasteiger charge is 2.16. The van der Waals surface area contributed by atoms with Gasteiger partial charge in [0.25, 0.3) is 0 Å². The van der Waals surface area contributed by atoms with Gasteiger partial charge >= 0.3 is 0 Å². The van der Waals surface area contributed by atoms with E-state index in [2.05, 4.69) is 47.0 Å². The topological polar surface area (TPSA) is 47.5 Å². The Kier molecular flexibility index (Phi) is 7.78. The average molecular weight is 462 g/mol. The first-order valence-corrected chi connectivity index (χ1v) is 11.9. The second kappa shape index (κ2) is 11.1. The van der Waals surface area contributed by atoms with Gasteiger partial charge in [0, 0.05) is 55.4 Å². The van der Waals surface area contributed by atoms with E-state index >= 15 is 0 Å². The van der Waals surface area contributed by atoms with E-state index < -0.39 is 5.82 Å². The van der Waals surface area contributed by atoms with Gasteiger partial charge in [0.1, 0.15) is 35.5 Å². The van der Waals surface area contributed by atoms with Crippen LogP contribution in [0.1, 0.15) is 50.1 Å². The molecule has 1 atom stereocenters. The minimum absolute atomic E-state index is 0.251. The summed E-state index contributed by atoms with van der Waals surface area (Å²) in [6.45, 7) is 8.82. The van der Waals surface area contributed by atoms with E-state index in [1.54, 1.807) is 18.5 Å². The molecule has 1 aliphatic heterocycles. The summed E-state index contributed by atoms with van der Waals surface area (Å²) in [6.07, 6.45) is 9.23. The van der Waals surface area contributed by atoms with E-state index in [1.165, 1.54) is 36.1 Å². The van der Waals surface area contributed by atoms with Crippen LogP contribution < -0.4 is 9.47 Å². The molecular formula is C28H32FN3O2. The molecule has 0 aliphatic carbocycles. The quantitative estimate of drug-likeness (QED) is 0.333. The molecule has 6 heteroatoms. The van der Waals surface area contributed by atoms with Gasteiger partial charge < -0.3 is 14.4 Å². The van der Waals surface area contributed by atoms with Crippen LogP contribution in [-0.4, -0.2) is 28.0 Å². The number of aromatic nitrogens is 2. The van der Waals surface area contributed by atoms with Gasteiger partial charge in [0.15, 0.2) is 0 Å². The van der Waals surface area contributed by atoms with Crippen LogP contribution in [0.4, 0.5) is 4.39 Å². The lowest BCUT2D eigenvalue weighted by Crippen LogP contribution is -2.21. The van der Waals surface area contributed by atoms with Gasteiger partial charge in [0.2, 0.25) is 0 Å². The van der Waals surface area contributed by atoms with Crippen LogP contribution in [0.5, 0.6) is 17.2 Å². The second-order valence-corrected chi connectivity index (χ2v) is 8.97. The van der Waals surface area contributed by atoms with Gasteiger partial charge in [-0.05, 0) is 49.0 Å². The number of hydrogen-bond acceptors (Lipinski definition) is 5. The van der Waals surface area contributed by atoms with E-state index in [-0.39, 0.29) is 6.61 Å². The fourth-order valence-corrected chi connectivity index (χ4v) is 4.17. The van der Waals surface area contributed by atoms with Crippen molar-refractivity contribution in [2.45, 2.75) is 46.6 Å². The van der Waals surface area contributed by atoms with Gasteiger partial charge in [-0.3, -0.25) is 0 Å². The molecule has 34 heavy (non-hydrogen) atoms. The van der Waals surface area contributed by atoms with Crippen molar-refractivity contribution in [3.63, 3.8) is 0 Å². The fourth-order valence-electron chi connectivity index (χ4n) is 4.17. The number of hydrogen-bond donors (Lipinski definition) is 0. The summed E-state index contributed by atoms with van der Waals surface area (Å²) < 4.78 is 25.8. The molecule has 178 valence electrons. The van der Waals surface area contributed by atoms with Gasteiger partial charge in [-0.2, -0.15) is 0 Å². The third kappa shape index (κ3) is 6.56. The summed E-state index contributed by atoms with van der Waals surface area (Å²) in [4.78, 5) is 10.7. The summed E-state index contributed by atoms with van der Waals surface area (Å²) in [5.41, 5.74) is 3.35. The van der Waals surface area contributed by atoms with Crippen molar-refractivity contribution in [1.29, 1.82) is 0 Å². The lowest BCUT2D eigenvalue weighted by Gasteiger charge is -2.19. The number of benzene rings is 2. The summed E-state index contributed by atoms with van der Waals surface area (Å²) in [5.74, 6) is 2.41. The molecule has 0 fully saturated rings. The maximum Gasteiger partial charge on any atom is 0.134 e. The molecule has 0 N–H and O–H groups in total. The SMILES string of the molecule is CCCC(C)CN1C=C(c2ccc(Oc3cc(F)cc(OCc4cnc(C)nc4)c3)cc2)CC1. The zero-order valence-corrected chi connectivity index (χ0v) is 20.1. The molecule has 1 unspecified atom stereocenters. The van der Waals surface area contributed by atoms with E-state index in [0.717, 1.165) is 25.1 Å². The monoisotopic (exact) mass is 461 g/mol. The Bertz CT molecular complexity index is 1110. The highest BCUT2D eigenvalue weighted by molar-refractivity contribution is 5.67. The molecule has 0 saturated heterocycles. The standard InChI is InChI=1S/C28H32FN3O2/c1-4-5-20(2)17-32-11-10-24(18-32)23-6-8-26(9-7-23)34-28-13-25(29)12-27(14-28)33-19-22-15-30-21(3)31-16-22/h6-9,12-16,18,20H,4-5,10-11,17,19H2,1-3H3. The van der Waals surface area contributed by atoms with Crippen molar-refractivity contribution in [3.05, 3.63) is 83.8 Å². The van der Waals surface area contributed by atoms with E-state index in [1.807, 2.05) is 19.1 Å². The minimum Gasteiger partial charge on any atom is -0.489 e. The zero-order valence-electron chi connectivity index (χ0n) is 20.1. The molecule has 2 heterocycles. The van der Waals surface area contributed by atoms with Crippen molar-refractivity contribution in [2.24, 2.45) is 5.92 Å². The van der Waals surface area contributed by atoms with Crippen molar-refractivity contribution < 1.29 is 13.9 Å². The largest absolute Gasteiger partial charge is 0.489 e. The van der Waals surface area contributed by atoms with Crippen LogP contribution >= 0.6 is 0 Å². The highest BCUT2D eigenvalue weighted by Crippen LogP contribution is 2.30. The molecule has 1 aromatic heterocycles. The van der Waals surface area contributed by atoms with Crippen molar-refractivity contribution in [1.82, 2.24) is 14.9 Å². The predicted molar refractivity (Wildman–Crippen MR) is 132 cm³/mol. The number of ether oxygens (including phenoxy) is 2. The molecule has 4 rings (SSSR count). The van der Waals surface area contributed by atoms with Gasteiger partial charge in [-0.1, -0.05) is 32.4 Å². The molecular weight excluding hydrogens is 429 g/mol. The van der Waals surface area contributed by atoms with Crippen LogP contribution in [-0.2, 0) is 6.61 Å². The minimum atomic E-state index is -0.419. The Morgan fingerprint density at radius 1 is 1.03 bits per heavy atom. The lowest BCUT2D eigenvalue weighted by molar-refractivity contribution is 0.301. The maximum absolute atomic E-state index is 14.2. The summed E-state index contributed by atoms with van der Waals surface area (Å²) in [5, 5.41) is 0. The number of rotatable bonds is 10. The maximum atomic E-state index is 14.2. The van der Waals surface area contributed by atoms with E-state index in [0.29, 0.717) is 29.0 Å². The van der Waals surface area contributed by atoms with Gasteiger partial charge in [0.05, 0.1) is 0 Å². The third-order valence-corrected chi connectivity index (χ3v) is 5.88. The molecule has 0 spiro atoms. The summed E-state index contributed by atoms with van der Waals surface area (Å²) >= 11 is 0. The van der Waals surface area contributed by atoms with Gasteiger partial charge in [-0.25, -0.2) is 14.4 Å². The first-order valence-electron chi connectivity index (χ1n) is 11.9. The first-order chi connectivity index (χ1) is 16.5. The molecule has 3 aromatic rings. The number of halogens is 1. The van der Waals surface area contributed by atoms with Crippen molar-refractivity contribution in [2.75, 3.05) is 13.1 Å². The molecule has 0 saturated carbocycles. The van der Waals surface area contributed by atoms with Crippen LogP contribution in [0, 0.1) is 18.7 Å². The smallest absolute Gasteiger partial charge is 0.134 e. The average Bonchev–Trinajstić information content (AvgIpc) is 3.27. The molecule has 2 aromatic carbocycles. The summed E-state index contributed by atoms with van der Waals surface area (Å²) in [6, 6.07) is 12.3. The van der Waals surface area contributed by atoms with Crippen LogP contribution in [0.25, 0.3) is 5.57 Å². The zero-order chi connectivity index (χ0) is 23.9. The molecule has 0 amide bonds. The third-order valence-electron chi connectivity index (χ3n) is 5.88. The van der Waals surface area contributed by atoms with E-state index in [4.69, 9.17) is 9.47 Å². The van der Waals surface area contributed by atoms with Crippen molar-refractivity contribution in [3.8, 4) is 17.2 Å². The number of nitrogens with zero attached hydrogens (tertiary/aromatic N) is 3. The molecule has 5 nitrogen and oxygen atoms in total.